The highest BCUT2D eigenvalue weighted by atomic mass is 16.5. The van der Waals surface area contributed by atoms with Gasteiger partial charge in [-0.15, -0.1) is 0 Å². The van der Waals surface area contributed by atoms with Gasteiger partial charge in [-0.1, -0.05) is 50.6 Å². The normalized spacial score (nSPS) is 12.8. The molecule has 1 aromatic rings. The highest BCUT2D eigenvalue weighted by molar-refractivity contribution is 5.98. The number of likely N-dealkylation sites (N-methyl/N-ethyl adjacent to an activating group) is 1. The van der Waals surface area contributed by atoms with Crippen molar-refractivity contribution in [2.45, 2.75) is 39.3 Å². The molecule has 0 fully saturated rings. The van der Waals surface area contributed by atoms with Crippen LogP contribution in [0.4, 0.5) is 0 Å². The Bertz CT molecular complexity index is 559. The highest BCUT2D eigenvalue weighted by Gasteiger charge is 2.33. The second-order valence-corrected chi connectivity index (χ2v) is 5.78. The molecular weight excluding hydrogens is 308 g/mol. The second-order valence-electron chi connectivity index (χ2n) is 5.78. The molecule has 2 amide bonds. The monoisotopic (exact) mass is 334 g/mol. The number of carbonyl (C=O) groups is 3. The molecule has 132 valence electrons. The first kappa shape index (κ1) is 19.7. The summed E-state index contributed by atoms with van der Waals surface area (Å²) in [4.78, 5) is 37.4. The smallest absolute Gasteiger partial charge is 0.329 e. The molecule has 0 aliphatic carbocycles. The number of benzene rings is 1. The van der Waals surface area contributed by atoms with Gasteiger partial charge in [0.1, 0.15) is 19.1 Å². The SMILES string of the molecule is CCC(C)C(C(=O)OCc1ccccc1)N(C)C(=O)CC(=O)NC. The standard InChI is InChI=1S/C18H26N2O4/c1-5-13(2)17(20(4)16(22)11-15(21)19-3)18(23)24-12-14-9-7-6-8-10-14/h6-10,13,17H,5,11-12H2,1-4H3,(H,19,21). The van der Waals surface area contributed by atoms with Crippen LogP contribution in [0, 0.1) is 5.92 Å². The third kappa shape index (κ3) is 5.68. The van der Waals surface area contributed by atoms with Crippen molar-refractivity contribution in [3.8, 4) is 0 Å². The molecular formula is C18H26N2O4. The number of hydrogen-bond acceptors (Lipinski definition) is 4. The van der Waals surface area contributed by atoms with E-state index in [9.17, 15) is 14.4 Å². The molecule has 6 nitrogen and oxygen atoms in total. The van der Waals surface area contributed by atoms with Crippen molar-refractivity contribution in [1.82, 2.24) is 10.2 Å². The van der Waals surface area contributed by atoms with Gasteiger partial charge >= 0.3 is 5.97 Å². The molecule has 2 unspecified atom stereocenters. The maximum absolute atomic E-state index is 12.5. The second kappa shape index (κ2) is 9.70. The Morgan fingerprint density at radius 1 is 1.21 bits per heavy atom. The van der Waals surface area contributed by atoms with Gasteiger partial charge in [-0.05, 0) is 11.5 Å². The zero-order valence-electron chi connectivity index (χ0n) is 14.7. The third-order valence-electron chi connectivity index (χ3n) is 4.05. The van der Waals surface area contributed by atoms with Gasteiger partial charge in [-0.25, -0.2) is 4.79 Å². The van der Waals surface area contributed by atoms with Crippen LogP contribution in [-0.2, 0) is 25.7 Å². The van der Waals surface area contributed by atoms with Crippen molar-refractivity contribution in [2.24, 2.45) is 5.92 Å². The maximum atomic E-state index is 12.5. The van der Waals surface area contributed by atoms with Crippen LogP contribution in [0.5, 0.6) is 0 Å². The van der Waals surface area contributed by atoms with Crippen molar-refractivity contribution in [3.05, 3.63) is 35.9 Å². The lowest BCUT2D eigenvalue weighted by molar-refractivity contribution is -0.158. The average molecular weight is 334 g/mol. The van der Waals surface area contributed by atoms with Crippen LogP contribution < -0.4 is 5.32 Å². The minimum absolute atomic E-state index is 0.0769. The number of rotatable bonds is 8. The number of esters is 1. The van der Waals surface area contributed by atoms with Gasteiger partial charge in [-0.2, -0.15) is 0 Å². The predicted molar refractivity (Wildman–Crippen MR) is 90.9 cm³/mol. The fraction of sp³-hybridized carbons (Fsp3) is 0.500. The lowest BCUT2D eigenvalue weighted by Gasteiger charge is -2.30. The summed E-state index contributed by atoms with van der Waals surface area (Å²) in [5, 5.41) is 2.41. The van der Waals surface area contributed by atoms with E-state index in [1.54, 1.807) is 0 Å². The van der Waals surface area contributed by atoms with E-state index in [2.05, 4.69) is 5.32 Å². The van der Waals surface area contributed by atoms with Crippen molar-refractivity contribution in [1.29, 1.82) is 0 Å². The lowest BCUT2D eigenvalue weighted by atomic mass is 9.97. The predicted octanol–water partition coefficient (Wildman–Crippen LogP) is 1.74. The van der Waals surface area contributed by atoms with Crippen molar-refractivity contribution < 1.29 is 19.1 Å². The molecule has 0 aliphatic heterocycles. The molecule has 0 saturated carbocycles. The molecule has 0 aliphatic rings. The molecule has 24 heavy (non-hydrogen) atoms. The summed E-state index contributed by atoms with van der Waals surface area (Å²) < 4.78 is 5.38. The Morgan fingerprint density at radius 3 is 2.38 bits per heavy atom. The summed E-state index contributed by atoms with van der Waals surface area (Å²) in [5.41, 5.74) is 0.882. The number of hydrogen-bond donors (Lipinski definition) is 1. The van der Waals surface area contributed by atoms with Gasteiger partial charge in [-0.3, -0.25) is 9.59 Å². The van der Waals surface area contributed by atoms with Crippen molar-refractivity contribution in [2.75, 3.05) is 14.1 Å². The summed E-state index contributed by atoms with van der Waals surface area (Å²) in [5.74, 6) is -1.32. The molecule has 1 rings (SSSR count). The van der Waals surface area contributed by atoms with E-state index < -0.39 is 17.9 Å². The molecule has 0 radical (unpaired) electrons. The van der Waals surface area contributed by atoms with Gasteiger partial charge in [0.2, 0.25) is 11.8 Å². The summed E-state index contributed by atoms with van der Waals surface area (Å²) in [6, 6.07) is 8.65. The van der Waals surface area contributed by atoms with Crippen LogP contribution in [0.1, 0.15) is 32.3 Å². The topological polar surface area (TPSA) is 75.7 Å². The number of carbonyl (C=O) groups excluding carboxylic acids is 3. The molecule has 2 atom stereocenters. The van der Waals surface area contributed by atoms with E-state index in [1.165, 1.54) is 19.0 Å². The number of amides is 2. The van der Waals surface area contributed by atoms with Gasteiger partial charge in [0.05, 0.1) is 0 Å². The minimum Gasteiger partial charge on any atom is -0.459 e. The van der Waals surface area contributed by atoms with E-state index in [0.717, 1.165) is 5.56 Å². The molecule has 0 bridgehead atoms. The molecule has 0 saturated heterocycles. The van der Waals surface area contributed by atoms with Gasteiger partial charge < -0.3 is 15.0 Å². The van der Waals surface area contributed by atoms with E-state index in [-0.39, 0.29) is 24.9 Å². The first-order valence-electron chi connectivity index (χ1n) is 8.07. The molecule has 6 heteroatoms. The van der Waals surface area contributed by atoms with Crippen LogP contribution in [0.3, 0.4) is 0 Å². The Balaban J connectivity index is 2.77. The molecule has 1 aromatic carbocycles. The lowest BCUT2D eigenvalue weighted by Crippen LogP contribution is -2.48. The molecule has 0 spiro atoms. The zero-order valence-corrected chi connectivity index (χ0v) is 14.7. The number of nitrogens with zero attached hydrogens (tertiary/aromatic N) is 1. The molecule has 1 N–H and O–H groups in total. The Labute approximate surface area is 143 Å². The van der Waals surface area contributed by atoms with E-state index in [1.807, 2.05) is 44.2 Å². The van der Waals surface area contributed by atoms with E-state index >= 15 is 0 Å². The van der Waals surface area contributed by atoms with Crippen LogP contribution in [-0.4, -0.2) is 42.8 Å². The minimum atomic E-state index is -0.712. The van der Waals surface area contributed by atoms with Gasteiger partial charge in [0, 0.05) is 14.1 Å². The first-order valence-corrected chi connectivity index (χ1v) is 8.07. The molecule has 0 aromatic heterocycles. The summed E-state index contributed by atoms with van der Waals surface area (Å²) >= 11 is 0. The Morgan fingerprint density at radius 2 is 1.83 bits per heavy atom. The highest BCUT2D eigenvalue weighted by Crippen LogP contribution is 2.17. The van der Waals surface area contributed by atoms with Crippen LogP contribution in [0.15, 0.2) is 30.3 Å². The Kier molecular flexibility index (Phi) is 7.95. The average Bonchev–Trinajstić information content (AvgIpc) is 2.60. The fourth-order valence-corrected chi connectivity index (χ4v) is 2.32. The van der Waals surface area contributed by atoms with Crippen LogP contribution in [0.25, 0.3) is 0 Å². The van der Waals surface area contributed by atoms with Crippen molar-refractivity contribution in [3.63, 3.8) is 0 Å². The van der Waals surface area contributed by atoms with Gasteiger partial charge in [0.15, 0.2) is 0 Å². The van der Waals surface area contributed by atoms with E-state index in [0.29, 0.717) is 6.42 Å². The van der Waals surface area contributed by atoms with Crippen molar-refractivity contribution >= 4 is 17.8 Å². The summed E-state index contributed by atoms with van der Waals surface area (Å²) in [7, 11) is 3.00. The number of nitrogens with one attached hydrogen (secondary N) is 1. The fourth-order valence-electron chi connectivity index (χ4n) is 2.32. The third-order valence-corrected chi connectivity index (χ3v) is 4.05. The first-order chi connectivity index (χ1) is 11.4. The van der Waals surface area contributed by atoms with E-state index in [4.69, 9.17) is 4.74 Å². The Hall–Kier alpha value is -2.37. The maximum Gasteiger partial charge on any atom is 0.329 e. The van der Waals surface area contributed by atoms with Crippen LogP contribution >= 0.6 is 0 Å². The largest absolute Gasteiger partial charge is 0.459 e. The summed E-state index contributed by atoms with van der Waals surface area (Å²) in [6.07, 6.45) is 0.425. The quantitative estimate of drug-likeness (QED) is 0.580. The van der Waals surface area contributed by atoms with Gasteiger partial charge in [0.25, 0.3) is 0 Å². The summed E-state index contributed by atoms with van der Waals surface area (Å²) in [6.45, 7) is 3.99. The van der Waals surface area contributed by atoms with Crippen LogP contribution in [0.2, 0.25) is 0 Å². The number of ether oxygens (including phenoxy) is 1. The molecule has 0 heterocycles. The zero-order chi connectivity index (χ0) is 18.1.